The molecule has 1 aliphatic rings. The predicted molar refractivity (Wildman–Crippen MR) is 43.7 cm³/mol. The Kier molecular flexibility index (Phi) is 2.42. The van der Waals surface area contributed by atoms with Gasteiger partial charge in [-0.2, -0.15) is 0 Å². The molecule has 0 spiro atoms. The average Bonchev–Trinajstić information content (AvgIpc) is 2.14. The quantitative estimate of drug-likeness (QED) is 0.602. The maximum Gasteiger partial charge on any atom is 0.0558 e. The second-order valence-corrected chi connectivity index (χ2v) is 4.24. The number of nitrogens with one attached hydrogen (secondary N) is 1. The molecule has 1 rings (SSSR count). The summed E-state index contributed by atoms with van der Waals surface area (Å²) in [7, 11) is 0. The van der Waals surface area contributed by atoms with Crippen molar-refractivity contribution in [3.05, 3.63) is 0 Å². The molecule has 0 aromatic rings. The van der Waals surface area contributed by atoms with E-state index in [0.717, 1.165) is 12.0 Å². The lowest BCUT2D eigenvalue weighted by Crippen LogP contribution is -2.30. The summed E-state index contributed by atoms with van der Waals surface area (Å²) in [5.41, 5.74) is 0. The molecule has 54 valence electrons. The molecular formula is C7H15NS. The fourth-order valence-corrected chi connectivity index (χ4v) is 2.32. The lowest BCUT2D eigenvalue weighted by molar-refractivity contribution is 0.498. The standard InChI is InChI=1S/C7H15NS/c1-5(2)7-8-6(3)4-9-7/h5-8H,4H2,1-3H3. The van der Waals surface area contributed by atoms with Gasteiger partial charge in [-0.05, 0) is 12.8 Å². The zero-order valence-corrected chi connectivity index (χ0v) is 7.16. The summed E-state index contributed by atoms with van der Waals surface area (Å²) in [6.07, 6.45) is 0. The van der Waals surface area contributed by atoms with E-state index in [1.807, 2.05) is 11.8 Å². The Hall–Kier alpha value is 0.310. The van der Waals surface area contributed by atoms with Gasteiger partial charge in [-0.15, -0.1) is 11.8 Å². The SMILES string of the molecule is CC1CSC(C(C)C)N1. The third-order valence-electron chi connectivity index (χ3n) is 1.58. The van der Waals surface area contributed by atoms with Crippen molar-refractivity contribution in [3.8, 4) is 0 Å². The zero-order valence-electron chi connectivity index (χ0n) is 6.35. The summed E-state index contributed by atoms with van der Waals surface area (Å²) < 4.78 is 0. The third-order valence-corrected chi connectivity index (χ3v) is 3.31. The Morgan fingerprint density at radius 1 is 1.56 bits per heavy atom. The minimum absolute atomic E-state index is 0.708. The van der Waals surface area contributed by atoms with Crippen LogP contribution in [0.15, 0.2) is 0 Å². The summed E-state index contributed by atoms with van der Waals surface area (Å²) in [5.74, 6) is 2.06. The molecule has 0 aromatic heterocycles. The van der Waals surface area contributed by atoms with Crippen LogP contribution in [0.2, 0.25) is 0 Å². The highest BCUT2D eigenvalue weighted by Crippen LogP contribution is 2.23. The molecule has 2 atom stereocenters. The Morgan fingerprint density at radius 2 is 2.22 bits per heavy atom. The maximum absolute atomic E-state index is 3.52. The van der Waals surface area contributed by atoms with Crippen LogP contribution in [0, 0.1) is 5.92 Å². The third kappa shape index (κ3) is 1.87. The van der Waals surface area contributed by atoms with Crippen LogP contribution < -0.4 is 5.32 Å². The van der Waals surface area contributed by atoms with Gasteiger partial charge in [0.05, 0.1) is 5.37 Å². The van der Waals surface area contributed by atoms with Gasteiger partial charge < -0.3 is 5.32 Å². The van der Waals surface area contributed by atoms with E-state index in [2.05, 4.69) is 26.1 Å². The number of rotatable bonds is 1. The molecule has 1 aliphatic heterocycles. The van der Waals surface area contributed by atoms with Crippen LogP contribution in [-0.2, 0) is 0 Å². The van der Waals surface area contributed by atoms with Crippen LogP contribution in [0.25, 0.3) is 0 Å². The molecule has 2 heteroatoms. The molecule has 1 saturated heterocycles. The van der Waals surface area contributed by atoms with Crippen molar-refractivity contribution in [2.75, 3.05) is 5.75 Å². The zero-order chi connectivity index (χ0) is 6.85. The number of hydrogen-bond acceptors (Lipinski definition) is 2. The van der Waals surface area contributed by atoms with Crippen LogP contribution >= 0.6 is 11.8 Å². The molecule has 1 N–H and O–H groups in total. The minimum Gasteiger partial charge on any atom is -0.302 e. The lowest BCUT2D eigenvalue weighted by Gasteiger charge is -2.13. The van der Waals surface area contributed by atoms with Crippen molar-refractivity contribution in [3.63, 3.8) is 0 Å². The first-order valence-electron chi connectivity index (χ1n) is 3.58. The molecule has 0 aromatic carbocycles. The highest BCUT2D eigenvalue weighted by molar-refractivity contribution is 8.00. The van der Waals surface area contributed by atoms with E-state index in [1.165, 1.54) is 5.75 Å². The molecule has 0 bridgehead atoms. The summed E-state index contributed by atoms with van der Waals surface area (Å²) in [6.45, 7) is 6.78. The molecule has 9 heavy (non-hydrogen) atoms. The summed E-state index contributed by atoms with van der Waals surface area (Å²) in [5, 5.41) is 4.22. The van der Waals surface area contributed by atoms with Gasteiger partial charge in [0, 0.05) is 11.8 Å². The largest absolute Gasteiger partial charge is 0.302 e. The van der Waals surface area contributed by atoms with Gasteiger partial charge >= 0.3 is 0 Å². The molecule has 2 unspecified atom stereocenters. The normalized spacial score (nSPS) is 36.0. The van der Waals surface area contributed by atoms with Crippen LogP contribution in [0.1, 0.15) is 20.8 Å². The van der Waals surface area contributed by atoms with Crippen LogP contribution in [0.3, 0.4) is 0 Å². The van der Waals surface area contributed by atoms with Gasteiger partial charge in [-0.1, -0.05) is 13.8 Å². The predicted octanol–water partition coefficient (Wildman–Crippen LogP) is 1.69. The van der Waals surface area contributed by atoms with Crippen molar-refractivity contribution >= 4 is 11.8 Å². The molecule has 0 amide bonds. The molecule has 1 nitrogen and oxygen atoms in total. The Labute approximate surface area is 61.6 Å². The molecule has 0 radical (unpaired) electrons. The van der Waals surface area contributed by atoms with E-state index in [4.69, 9.17) is 0 Å². The smallest absolute Gasteiger partial charge is 0.0558 e. The fraction of sp³-hybridized carbons (Fsp3) is 1.00. The number of hydrogen-bond donors (Lipinski definition) is 1. The first-order chi connectivity index (χ1) is 4.20. The highest BCUT2D eigenvalue weighted by Gasteiger charge is 2.22. The Bertz CT molecular complexity index is 92.9. The minimum atomic E-state index is 0.708. The highest BCUT2D eigenvalue weighted by atomic mass is 32.2. The van der Waals surface area contributed by atoms with Gasteiger partial charge in [0.25, 0.3) is 0 Å². The summed E-state index contributed by atoms with van der Waals surface area (Å²) in [4.78, 5) is 0. The van der Waals surface area contributed by atoms with Crippen LogP contribution in [-0.4, -0.2) is 17.2 Å². The van der Waals surface area contributed by atoms with Gasteiger partial charge in [-0.25, -0.2) is 0 Å². The molecule has 0 saturated carbocycles. The van der Waals surface area contributed by atoms with E-state index in [1.54, 1.807) is 0 Å². The van der Waals surface area contributed by atoms with E-state index >= 15 is 0 Å². The topological polar surface area (TPSA) is 12.0 Å². The fourth-order valence-electron chi connectivity index (χ4n) is 1.01. The summed E-state index contributed by atoms with van der Waals surface area (Å²) in [6, 6.07) is 0.724. The van der Waals surface area contributed by atoms with Crippen molar-refractivity contribution in [1.82, 2.24) is 5.32 Å². The van der Waals surface area contributed by atoms with Crippen molar-refractivity contribution in [2.24, 2.45) is 5.92 Å². The van der Waals surface area contributed by atoms with E-state index in [-0.39, 0.29) is 0 Å². The molecule has 1 heterocycles. The van der Waals surface area contributed by atoms with E-state index in [9.17, 15) is 0 Å². The lowest BCUT2D eigenvalue weighted by atomic mass is 10.2. The monoisotopic (exact) mass is 145 g/mol. The van der Waals surface area contributed by atoms with E-state index in [0.29, 0.717) is 5.37 Å². The Morgan fingerprint density at radius 3 is 2.44 bits per heavy atom. The van der Waals surface area contributed by atoms with Gasteiger partial charge in [0.1, 0.15) is 0 Å². The second-order valence-electron chi connectivity index (χ2n) is 3.07. The molecular weight excluding hydrogens is 130 g/mol. The second kappa shape index (κ2) is 2.93. The molecule has 0 aliphatic carbocycles. The first-order valence-corrected chi connectivity index (χ1v) is 4.62. The van der Waals surface area contributed by atoms with Gasteiger partial charge in [-0.3, -0.25) is 0 Å². The van der Waals surface area contributed by atoms with Crippen molar-refractivity contribution in [1.29, 1.82) is 0 Å². The van der Waals surface area contributed by atoms with E-state index < -0.39 is 0 Å². The first kappa shape index (κ1) is 7.42. The number of thioether (sulfide) groups is 1. The van der Waals surface area contributed by atoms with Crippen molar-refractivity contribution < 1.29 is 0 Å². The summed E-state index contributed by atoms with van der Waals surface area (Å²) >= 11 is 2.05. The van der Waals surface area contributed by atoms with Gasteiger partial charge in [0.2, 0.25) is 0 Å². The Balaban J connectivity index is 2.30. The van der Waals surface area contributed by atoms with Crippen molar-refractivity contribution in [2.45, 2.75) is 32.2 Å². The van der Waals surface area contributed by atoms with Crippen LogP contribution in [0.4, 0.5) is 0 Å². The average molecular weight is 145 g/mol. The maximum atomic E-state index is 3.52. The van der Waals surface area contributed by atoms with Gasteiger partial charge in [0.15, 0.2) is 0 Å². The van der Waals surface area contributed by atoms with Crippen LogP contribution in [0.5, 0.6) is 0 Å². The molecule has 1 fully saturated rings.